The third-order valence-electron chi connectivity index (χ3n) is 1.47. The monoisotopic (exact) mass is 160 g/mol. The third-order valence-corrected chi connectivity index (χ3v) is 1.47. The van der Waals surface area contributed by atoms with E-state index in [2.05, 4.69) is 4.98 Å². The molecule has 0 aliphatic rings. The van der Waals surface area contributed by atoms with E-state index < -0.39 is 0 Å². The maximum atomic E-state index is 11.2. The van der Waals surface area contributed by atoms with E-state index in [0.29, 0.717) is 12.0 Å². The number of pyridine rings is 1. The molecule has 0 unspecified atom stereocenters. The van der Waals surface area contributed by atoms with Crippen molar-refractivity contribution < 1.29 is 4.79 Å². The van der Waals surface area contributed by atoms with E-state index in [1.807, 2.05) is 6.07 Å². The summed E-state index contributed by atoms with van der Waals surface area (Å²) in [5, 5.41) is 8.25. The lowest BCUT2D eigenvalue weighted by Gasteiger charge is -1.94. The summed E-state index contributed by atoms with van der Waals surface area (Å²) < 4.78 is 0. The summed E-state index contributed by atoms with van der Waals surface area (Å²) in [4.78, 5) is 15.0. The van der Waals surface area contributed by atoms with Gasteiger partial charge in [0.1, 0.15) is 0 Å². The van der Waals surface area contributed by atoms with Crippen molar-refractivity contribution in [2.75, 3.05) is 0 Å². The van der Waals surface area contributed by atoms with Crippen molar-refractivity contribution in [3.8, 4) is 6.07 Å². The van der Waals surface area contributed by atoms with Crippen LogP contribution < -0.4 is 0 Å². The maximum absolute atomic E-state index is 11.2. The van der Waals surface area contributed by atoms with Crippen molar-refractivity contribution in [3.05, 3.63) is 30.1 Å². The smallest absolute Gasteiger partial charge is 0.164 e. The summed E-state index contributed by atoms with van der Waals surface area (Å²) in [6.45, 7) is 0. The number of ketones is 1. The molecule has 0 saturated heterocycles. The summed E-state index contributed by atoms with van der Waals surface area (Å²) in [7, 11) is 0. The lowest BCUT2D eigenvalue weighted by Crippen LogP contribution is -1.97. The Hall–Kier alpha value is -1.69. The Kier molecular flexibility index (Phi) is 2.97. The highest BCUT2D eigenvalue weighted by atomic mass is 16.1. The first-order chi connectivity index (χ1) is 5.84. The minimum atomic E-state index is -0.000972. The first-order valence-corrected chi connectivity index (χ1v) is 3.65. The number of hydrogen-bond donors (Lipinski definition) is 0. The summed E-state index contributed by atoms with van der Waals surface area (Å²) in [5.74, 6) is -0.000972. The van der Waals surface area contributed by atoms with Crippen LogP contribution >= 0.6 is 0 Å². The molecule has 0 aliphatic heterocycles. The summed E-state index contributed by atoms with van der Waals surface area (Å²) in [6, 6.07) is 5.24. The highest BCUT2D eigenvalue weighted by molar-refractivity contribution is 5.95. The zero-order valence-electron chi connectivity index (χ0n) is 6.53. The van der Waals surface area contributed by atoms with Gasteiger partial charge in [-0.05, 0) is 12.1 Å². The van der Waals surface area contributed by atoms with E-state index in [1.54, 1.807) is 24.5 Å². The van der Waals surface area contributed by atoms with E-state index in [-0.39, 0.29) is 12.2 Å². The summed E-state index contributed by atoms with van der Waals surface area (Å²) in [5.41, 5.74) is 0.625. The fourth-order valence-electron chi connectivity index (χ4n) is 0.852. The van der Waals surface area contributed by atoms with Crippen molar-refractivity contribution >= 4 is 5.78 Å². The zero-order chi connectivity index (χ0) is 8.81. The van der Waals surface area contributed by atoms with Crippen LogP contribution in [0.3, 0.4) is 0 Å². The Balaban J connectivity index is 2.61. The molecule has 1 rings (SSSR count). The molecule has 0 amide bonds. The fraction of sp³-hybridized carbons (Fsp3) is 0.222. The average molecular weight is 160 g/mol. The van der Waals surface area contributed by atoms with Gasteiger partial charge in [0.25, 0.3) is 0 Å². The standard InChI is InChI=1S/C9H8N2O/c10-5-1-2-9(12)8-3-6-11-7-4-8/h3-4,6-7H,1-2H2. The van der Waals surface area contributed by atoms with Crippen LogP contribution in [-0.4, -0.2) is 10.8 Å². The molecule has 12 heavy (non-hydrogen) atoms. The SMILES string of the molecule is N#CCCC(=O)c1ccncc1. The Morgan fingerprint density at radius 2 is 2.17 bits per heavy atom. The molecule has 1 aromatic rings. The first-order valence-electron chi connectivity index (χ1n) is 3.65. The number of rotatable bonds is 3. The number of carbonyl (C=O) groups excluding carboxylic acids is 1. The van der Waals surface area contributed by atoms with Crippen LogP contribution in [0.5, 0.6) is 0 Å². The average Bonchev–Trinajstić information content (AvgIpc) is 2.15. The summed E-state index contributed by atoms with van der Waals surface area (Å²) >= 11 is 0. The zero-order valence-corrected chi connectivity index (χ0v) is 6.53. The number of Topliss-reactive ketones (excluding diaryl/α,β-unsaturated/α-hetero) is 1. The largest absolute Gasteiger partial charge is 0.294 e. The third kappa shape index (κ3) is 2.17. The van der Waals surface area contributed by atoms with Crippen LogP contribution in [0.1, 0.15) is 23.2 Å². The van der Waals surface area contributed by atoms with Crippen molar-refractivity contribution in [3.63, 3.8) is 0 Å². The molecular weight excluding hydrogens is 152 g/mol. The fourth-order valence-corrected chi connectivity index (χ4v) is 0.852. The number of aromatic nitrogens is 1. The van der Waals surface area contributed by atoms with Gasteiger partial charge in [-0.2, -0.15) is 5.26 Å². The molecule has 3 nitrogen and oxygen atoms in total. The summed E-state index contributed by atoms with van der Waals surface area (Å²) in [6.07, 6.45) is 3.71. The molecule has 0 atom stereocenters. The minimum absolute atomic E-state index is 0.000972. The maximum Gasteiger partial charge on any atom is 0.164 e. The van der Waals surface area contributed by atoms with Crippen LogP contribution in [0.2, 0.25) is 0 Å². The quantitative estimate of drug-likeness (QED) is 0.630. The van der Waals surface area contributed by atoms with Gasteiger partial charge in [-0.15, -0.1) is 0 Å². The first kappa shape index (κ1) is 8.41. The van der Waals surface area contributed by atoms with E-state index >= 15 is 0 Å². The van der Waals surface area contributed by atoms with Crippen LogP contribution in [0.4, 0.5) is 0 Å². The van der Waals surface area contributed by atoms with Gasteiger partial charge in [0.05, 0.1) is 6.07 Å². The lowest BCUT2D eigenvalue weighted by molar-refractivity contribution is 0.0984. The predicted molar refractivity (Wildman–Crippen MR) is 43.4 cm³/mol. The molecule has 1 aromatic heterocycles. The molecule has 0 saturated carbocycles. The van der Waals surface area contributed by atoms with Gasteiger partial charge in [0.15, 0.2) is 5.78 Å². The van der Waals surface area contributed by atoms with Gasteiger partial charge >= 0.3 is 0 Å². The minimum Gasteiger partial charge on any atom is -0.294 e. The molecule has 3 heteroatoms. The van der Waals surface area contributed by atoms with E-state index in [9.17, 15) is 4.79 Å². The molecule has 0 spiro atoms. The van der Waals surface area contributed by atoms with Crippen LogP contribution in [0, 0.1) is 11.3 Å². The molecule has 0 bridgehead atoms. The van der Waals surface area contributed by atoms with Gasteiger partial charge in [0, 0.05) is 30.8 Å². The second kappa shape index (κ2) is 4.24. The second-order valence-corrected chi connectivity index (χ2v) is 2.32. The molecule has 0 N–H and O–H groups in total. The highest BCUT2D eigenvalue weighted by Gasteiger charge is 2.03. The predicted octanol–water partition coefficient (Wildman–Crippen LogP) is 1.57. The Labute approximate surface area is 70.7 Å². The number of nitriles is 1. The van der Waals surface area contributed by atoms with Gasteiger partial charge in [-0.1, -0.05) is 0 Å². The van der Waals surface area contributed by atoms with Crippen molar-refractivity contribution in [2.24, 2.45) is 0 Å². The van der Waals surface area contributed by atoms with Crippen molar-refractivity contribution in [1.29, 1.82) is 5.26 Å². The molecule has 0 fully saturated rings. The van der Waals surface area contributed by atoms with Gasteiger partial charge in [0.2, 0.25) is 0 Å². The van der Waals surface area contributed by atoms with E-state index in [0.717, 1.165) is 0 Å². The van der Waals surface area contributed by atoms with Crippen LogP contribution in [0.15, 0.2) is 24.5 Å². The van der Waals surface area contributed by atoms with E-state index in [1.165, 1.54) is 0 Å². The topological polar surface area (TPSA) is 53.8 Å². The van der Waals surface area contributed by atoms with Crippen molar-refractivity contribution in [2.45, 2.75) is 12.8 Å². The molecule has 60 valence electrons. The Morgan fingerprint density at radius 3 is 2.75 bits per heavy atom. The van der Waals surface area contributed by atoms with Gasteiger partial charge in [-0.3, -0.25) is 9.78 Å². The van der Waals surface area contributed by atoms with Crippen LogP contribution in [0.25, 0.3) is 0 Å². The number of carbonyl (C=O) groups is 1. The Morgan fingerprint density at radius 1 is 1.50 bits per heavy atom. The lowest BCUT2D eigenvalue weighted by atomic mass is 10.1. The van der Waals surface area contributed by atoms with Crippen LogP contribution in [-0.2, 0) is 0 Å². The molecule has 0 aromatic carbocycles. The molecule has 0 radical (unpaired) electrons. The molecule has 1 heterocycles. The molecule has 0 aliphatic carbocycles. The highest BCUT2D eigenvalue weighted by Crippen LogP contribution is 2.02. The van der Waals surface area contributed by atoms with Gasteiger partial charge in [-0.25, -0.2) is 0 Å². The molecular formula is C9H8N2O. The van der Waals surface area contributed by atoms with Gasteiger partial charge < -0.3 is 0 Å². The number of nitrogens with zero attached hydrogens (tertiary/aromatic N) is 2. The van der Waals surface area contributed by atoms with Crippen molar-refractivity contribution in [1.82, 2.24) is 4.98 Å². The van der Waals surface area contributed by atoms with E-state index in [4.69, 9.17) is 5.26 Å². The normalized spacial score (nSPS) is 8.92. The number of hydrogen-bond acceptors (Lipinski definition) is 3. The second-order valence-electron chi connectivity index (χ2n) is 2.32. The Bertz CT molecular complexity index is 300.